The van der Waals surface area contributed by atoms with Crippen molar-refractivity contribution in [3.05, 3.63) is 35.4 Å². The minimum atomic E-state index is 0.446. The molecule has 0 spiro atoms. The number of benzene rings is 2. The van der Waals surface area contributed by atoms with Gasteiger partial charge in [0, 0.05) is 10.7 Å². The van der Waals surface area contributed by atoms with Crippen LogP contribution in [-0.4, -0.2) is 53.3 Å². The first-order valence-corrected chi connectivity index (χ1v) is 14.4. The molecule has 0 saturated heterocycles. The zero-order valence-corrected chi connectivity index (χ0v) is 25.5. The van der Waals surface area contributed by atoms with Crippen LogP contribution in [0, 0.1) is 11.8 Å². The Morgan fingerprint density at radius 3 is 1.22 bits per heavy atom. The largest absolute Gasteiger partial charge is 0.493 e. The second kappa shape index (κ2) is 16.1. The molecule has 202 valence electrons. The molecule has 36 heavy (non-hydrogen) atoms. The highest BCUT2D eigenvalue weighted by atomic mass is 79.9. The second-order valence-corrected chi connectivity index (χ2v) is 10.2. The molecule has 0 amide bonds. The van der Waals surface area contributed by atoms with E-state index in [0.717, 1.165) is 49.2 Å². The molecule has 0 saturated carbocycles. The van der Waals surface area contributed by atoms with Crippen molar-refractivity contribution in [1.82, 2.24) is 0 Å². The van der Waals surface area contributed by atoms with Crippen molar-refractivity contribution in [1.29, 1.82) is 0 Å². The van der Waals surface area contributed by atoms with Crippen LogP contribution in [0.5, 0.6) is 34.5 Å². The van der Waals surface area contributed by atoms with Crippen molar-refractivity contribution < 1.29 is 28.4 Å². The molecule has 0 aliphatic rings. The van der Waals surface area contributed by atoms with Gasteiger partial charge in [0.15, 0.2) is 23.0 Å². The Balaban J connectivity index is 2.43. The van der Waals surface area contributed by atoms with Crippen LogP contribution in [0.25, 0.3) is 0 Å². The maximum Gasteiger partial charge on any atom is 0.203 e. The van der Waals surface area contributed by atoms with Gasteiger partial charge in [0.25, 0.3) is 0 Å². The smallest absolute Gasteiger partial charge is 0.203 e. The number of alkyl halides is 2. The molecule has 6 nitrogen and oxygen atoms in total. The summed E-state index contributed by atoms with van der Waals surface area (Å²) in [4.78, 5) is 0. The Kier molecular flexibility index (Phi) is 13.6. The van der Waals surface area contributed by atoms with E-state index in [0.29, 0.717) is 46.3 Å². The van der Waals surface area contributed by atoms with E-state index in [4.69, 9.17) is 28.4 Å². The molecular weight excluding hydrogens is 592 g/mol. The van der Waals surface area contributed by atoms with Gasteiger partial charge in [0.05, 0.1) is 42.7 Å². The Labute approximate surface area is 233 Å². The van der Waals surface area contributed by atoms with Crippen LogP contribution in [0.1, 0.15) is 36.8 Å². The summed E-state index contributed by atoms with van der Waals surface area (Å²) in [6.07, 6.45) is 6.32. The normalized spacial score (nSPS) is 12.6. The third-order valence-electron chi connectivity index (χ3n) is 6.55. The number of halogens is 2. The van der Waals surface area contributed by atoms with Gasteiger partial charge < -0.3 is 28.4 Å². The number of hydrogen-bond acceptors (Lipinski definition) is 6. The predicted molar refractivity (Wildman–Crippen MR) is 153 cm³/mol. The monoisotopic (exact) mass is 630 g/mol. The van der Waals surface area contributed by atoms with E-state index in [1.54, 1.807) is 42.7 Å². The van der Waals surface area contributed by atoms with Gasteiger partial charge >= 0.3 is 0 Å². The first kappa shape index (κ1) is 30.4. The summed E-state index contributed by atoms with van der Waals surface area (Å²) in [5, 5.41) is 1.95. The Morgan fingerprint density at radius 1 is 0.528 bits per heavy atom. The van der Waals surface area contributed by atoms with Gasteiger partial charge in [-0.15, -0.1) is 0 Å². The zero-order valence-electron chi connectivity index (χ0n) is 22.3. The van der Waals surface area contributed by atoms with Crippen molar-refractivity contribution in [3.63, 3.8) is 0 Å². The Bertz CT molecular complexity index is 886. The summed E-state index contributed by atoms with van der Waals surface area (Å²) in [7, 11) is 9.89. The quantitative estimate of drug-likeness (QED) is 0.137. The van der Waals surface area contributed by atoms with Gasteiger partial charge in [-0.1, -0.05) is 38.3 Å². The van der Waals surface area contributed by atoms with Crippen molar-refractivity contribution in [2.45, 2.75) is 38.5 Å². The van der Waals surface area contributed by atoms with Gasteiger partial charge in [0.1, 0.15) is 0 Å². The molecule has 0 N–H and O–H groups in total. The highest BCUT2D eigenvalue weighted by Crippen LogP contribution is 2.42. The highest BCUT2D eigenvalue weighted by molar-refractivity contribution is 9.09. The Hall–Kier alpha value is -1.80. The van der Waals surface area contributed by atoms with Crippen molar-refractivity contribution in [2.75, 3.05) is 53.3 Å². The summed E-state index contributed by atoms with van der Waals surface area (Å²) in [5.74, 6) is 4.89. The molecular formula is C28H40Br2O6. The van der Waals surface area contributed by atoms with Gasteiger partial charge in [-0.2, -0.15) is 0 Å². The molecule has 2 aromatic rings. The molecule has 0 aliphatic heterocycles. The van der Waals surface area contributed by atoms with E-state index >= 15 is 0 Å². The SMILES string of the molecule is COc1cc(C[C@@H](CCBr)[C@H](CCCCBr)Cc2cc(OC)c(OC)c(OC)c2)cc(OC)c1OC. The topological polar surface area (TPSA) is 55.4 Å². The van der Waals surface area contributed by atoms with Gasteiger partial charge in [-0.25, -0.2) is 0 Å². The molecule has 0 aliphatic carbocycles. The van der Waals surface area contributed by atoms with E-state index in [1.165, 1.54) is 11.1 Å². The summed E-state index contributed by atoms with van der Waals surface area (Å²) >= 11 is 7.30. The molecule has 0 heterocycles. The van der Waals surface area contributed by atoms with Crippen LogP contribution in [0.4, 0.5) is 0 Å². The molecule has 2 rings (SSSR count). The predicted octanol–water partition coefficient (Wildman–Crippen LogP) is 7.11. The standard InChI is InChI=1S/C28H40Br2O6/c1-31-23-15-19(16-24(32-2)27(23)35-5)13-21(9-7-8-11-29)22(10-12-30)14-20-17-25(33-3)28(36-6)26(18-20)34-4/h15-18,21-22H,7-14H2,1-6H3/t21-,22-/m1/s1. The third-order valence-corrected chi connectivity index (χ3v) is 7.57. The minimum Gasteiger partial charge on any atom is -0.493 e. The number of hydrogen-bond donors (Lipinski definition) is 0. The van der Waals surface area contributed by atoms with Crippen molar-refractivity contribution >= 4 is 31.9 Å². The average Bonchev–Trinajstić information content (AvgIpc) is 2.90. The van der Waals surface area contributed by atoms with E-state index in [2.05, 4.69) is 56.1 Å². The van der Waals surface area contributed by atoms with Crippen molar-refractivity contribution in [3.8, 4) is 34.5 Å². The molecule has 2 atom stereocenters. The molecule has 2 aromatic carbocycles. The van der Waals surface area contributed by atoms with E-state index < -0.39 is 0 Å². The van der Waals surface area contributed by atoms with E-state index in [9.17, 15) is 0 Å². The van der Waals surface area contributed by atoms with Gasteiger partial charge in [-0.3, -0.25) is 0 Å². The van der Waals surface area contributed by atoms with Crippen LogP contribution in [0.15, 0.2) is 24.3 Å². The van der Waals surface area contributed by atoms with Crippen LogP contribution in [0.3, 0.4) is 0 Å². The average molecular weight is 632 g/mol. The summed E-state index contributed by atoms with van der Waals surface area (Å²) in [6.45, 7) is 0. The molecule has 0 fully saturated rings. The van der Waals surface area contributed by atoms with Gasteiger partial charge in [0.2, 0.25) is 11.5 Å². The highest BCUT2D eigenvalue weighted by Gasteiger charge is 2.25. The Morgan fingerprint density at radius 2 is 0.917 bits per heavy atom. The number of unbranched alkanes of at least 4 members (excludes halogenated alkanes) is 1. The molecule has 0 unspecified atom stereocenters. The van der Waals surface area contributed by atoms with Crippen LogP contribution in [0.2, 0.25) is 0 Å². The lowest BCUT2D eigenvalue weighted by Gasteiger charge is -2.28. The molecule has 8 heteroatoms. The zero-order chi connectivity index (χ0) is 26.5. The number of methoxy groups -OCH3 is 6. The summed E-state index contributed by atoms with van der Waals surface area (Å²) in [5.41, 5.74) is 2.35. The van der Waals surface area contributed by atoms with Crippen LogP contribution < -0.4 is 28.4 Å². The maximum absolute atomic E-state index is 5.62. The van der Waals surface area contributed by atoms with Crippen molar-refractivity contribution in [2.24, 2.45) is 11.8 Å². The first-order chi connectivity index (χ1) is 17.5. The summed E-state index contributed by atoms with van der Waals surface area (Å²) in [6, 6.07) is 8.28. The summed E-state index contributed by atoms with van der Waals surface area (Å²) < 4.78 is 33.5. The fourth-order valence-corrected chi connectivity index (χ4v) is 5.75. The third kappa shape index (κ3) is 8.10. The molecule has 0 aromatic heterocycles. The van der Waals surface area contributed by atoms with E-state index in [1.807, 2.05) is 0 Å². The molecule has 0 radical (unpaired) electrons. The fraction of sp³-hybridized carbons (Fsp3) is 0.571. The first-order valence-electron chi connectivity index (χ1n) is 12.2. The lowest BCUT2D eigenvalue weighted by Crippen LogP contribution is -2.21. The lowest BCUT2D eigenvalue weighted by atomic mass is 9.78. The lowest BCUT2D eigenvalue weighted by molar-refractivity contribution is 0.290. The maximum atomic E-state index is 5.62. The van der Waals surface area contributed by atoms with Crippen LogP contribution in [-0.2, 0) is 12.8 Å². The number of rotatable bonds is 17. The second-order valence-electron chi connectivity index (χ2n) is 8.66. The fourth-order valence-electron chi connectivity index (χ4n) is 4.76. The van der Waals surface area contributed by atoms with E-state index in [-0.39, 0.29) is 0 Å². The van der Waals surface area contributed by atoms with Gasteiger partial charge in [-0.05, 0) is 79.3 Å². The van der Waals surface area contributed by atoms with Crippen LogP contribution >= 0.6 is 31.9 Å². The number of ether oxygens (including phenoxy) is 6. The minimum absolute atomic E-state index is 0.446. The molecule has 0 bridgehead atoms.